The van der Waals surface area contributed by atoms with E-state index in [1.807, 2.05) is 0 Å². The van der Waals surface area contributed by atoms with Crippen molar-refractivity contribution in [3.8, 4) is 0 Å². The molecule has 0 fully saturated rings. The average molecular weight is 443 g/mol. The SMILES string of the molecule is CC(C(=O)NC(F)C(F)F)c1cc(F)c(NC(=O)OC(C)(C)C)cc1Br. The molecule has 2 amide bonds. The van der Waals surface area contributed by atoms with Crippen molar-refractivity contribution in [1.29, 1.82) is 0 Å². The molecule has 2 N–H and O–H groups in total. The Morgan fingerprint density at radius 3 is 2.27 bits per heavy atom. The smallest absolute Gasteiger partial charge is 0.412 e. The number of benzene rings is 1. The van der Waals surface area contributed by atoms with Crippen molar-refractivity contribution in [1.82, 2.24) is 5.32 Å². The Bertz CT molecular complexity index is 680. The minimum atomic E-state index is -3.37. The zero-order valence-corrected chi connectivity index (χ0v) is 16.1. The highest BCUT2D eigenvalue weighted by Crippen LogP contribution is 2.31. The van der Waals surface area contributed by atoms with Gasteiger partial charge in [-0.25, -0.2) is 22.4 Å². The normalized spacial score (nSPS) is 13.9. The summed E-state index contributed by atoms with van der Waals surface area (Å²) in [6.07, 6.45) is -7.06. The molecule has 0 radical (unpaired) electrons. The van der Waals surface area contributed by atoms with Crippen molar-refractivity contribution in [3.05, 3.63) is 28.0 Å². The molecule has 0 aliphatic heterocycles. The number of carbonyl (C=O) groups excluding carboxylic acids is 2. The number of ether oxygens (including phenoxy) is 1. The van der Waals surface area contributed by atoms with Crippen LogP contribution in [0.5, 0.6) is 0 Å². The lowest BCUT2D eigenvalue weighted by atomic mass is 9.99. The molecule has 0 aliphatic carbocycles. The summed E-state index contributed by atoms with van der Waals surface area (Å²) in [7, 11) is 0. The van der Waals surface area contributed by atoms with Gasteiger partial charge in [-0.3, -0.25) is 10.1 Å². The van der Waals surface area contributed by atoms with Crippen LogP contribution in [-0.4, -0.2) is 30.3 Å². The molecule has 26 heavy (non-hydrogen) atoms. The number of amides is 2. The van der Waals surface area contributed by atoms with Crippen molar-refractivity contribution in [2.24, 2.45) is 0 Å². The van der Waals surface area contributed by atoms with E-state index in [1.165, 1.54) is 18.3 Å². The van der Waals surface area contributed by atoms with Crippen LogP contribution in [-0.2, 0) is 9.53 Å². The van der Waals surface area contributed by atoms with Gasteiger partial charge in [-0.2, -0.15) is 0 Å². The maximum atomic E-state index is 14.2. The molecule has 1 aromatic rings. The van der Waals surface area contributed by atoms with Gasteiger partial charge in [0.1, 0.15) is 11.4 Å². The van der Waals surface area contributed by atoms with E-state index in [0.717, 1.165) is 6.07 Å². The van der Waals surface area contributed by atoms with Crippen molar-refractivity contribution >= 4 is 33.6 Å². The highest BCUT2D eigenvalue weighted by atomic mass is 79.9. The molecule has 10 heteroatoms. The van der Waals surface area contributed by atoms with Crippen LogP contribution >= 0.6 is 15.9 Å². The third kappa shape index (κ3) is 6.47. The number of hydrogen-bond donors (Lipinski definition) is 2. The Kier molecular flexibility index (Phi) is 7.43. The van der Waals surface area contributed by atoms with Gasteiger partial charge in [0.05, 0.1) is 11.6 Å². The highest BCUT2D eigenvalue weighted by molar-refractivity contribution is 9.10. The zero-order chi connectivity index (χ0) is 20.2. The minimum absolute atomic E-state index is 0.0937. The number of nitrogens with one attached hydrogen (secondary N) is 2. The number of hydrogen-bond acceptors (Lipinski definition) is 3. The molecule has 1 rings (SSSR count). The van der Waals surface area contributed by atoms with E-state index in [1.54, 1.807) is 20.8 Å². The monoisotopic (exact) mass is 442 g/mol. The van der Waals surface area contributed by atoms with Crippen LogP contribution in [0.3, 0.4) is 0 Å². The average Bonchev–Trinajstić information content (AvgIpc) is 2.47. The van der Waals surface area contributed by atoms with Crippen molar-refractivity contribution < 1.29 is 31.9 Å². The summed E-state index contributed by atoms with van der Waals surface area (Å²) < 4.78 is 56.8. The number of anilines is 1. The van der Waals surface area contributed by atoms with Gasteiger partial charge in [-0.15, -0.1) is 0 Å². The molecule has 1 aromatic carbocycles. The van der Waals surface area contributed by atoms with E-state index >= 15 is 0 Å². The molecule has 2 atom stereocenters. The topological polar surface area (TPSA) is 67.4 Å². The molecule has 0 saturated heterocycles. The molecule has 2 unspecified atom stereocenters. The molecule has 5 nitrogen and oxygen atoms in total. The second-order valence-electron chi connectivity index (χ2n) is 6.45. The fraction of sp³-hybridized carbons (Fsp3) is 0.500. The van der Waals surface area contributed by atoms with Gasteiger partial charge in [0.15, 0.2) is 0 Å². The fourth-order valence-electron chi connectivity index (χ4n) is 1.87. The van der Waals surface area contributed by atoms with Crippen molar-refractivity contribution in [2.45, 2.75) is 51.9 Å². The van der Waals surface area contributed by atoms with Crippen LogP contribution in [0.25, 0.3) is 0 Å². The van der Waals surface area contributed by atoms with E-state index in [9.17, 15) is 27.2 Å². The van der Waals surface area contributed by atoms with E-state index in [4.69, 9.17) is 4.74 Å². The number of rotatable bonds is 5. The molecular formula is C16H19BrF4N2O3. The Morgan fingerprint density at radius 2 is 1.77 bits per heavy atom. The Hall–Kier alpha value is -1.84. The summed E-state index contributed by atoms with van der Waals surface area (Å²) >= 11 is 3.12. The third-order valence-corrected chi connectivity index (χ3v) is 3.77. The lowest BCUT2D eigenvalue weighted by Gasteiger charge is -2.20. The minimum Gasteiger partial charge on any atom is -0.444 e. The second-order valence-corrected chi connectivity index (χ2v) is 7.30. The first-order valence-electron chi connectivity index (χ1n) is 7.53. The Morgan fingerprint density at radius 1 is 1.19 bits per heavy atom. The van der Waals surface area contributed by atoms with Gasteiger partial charge in [0, 0.05) is 4.47 Å². The van der Waals surface area contributed by atoms with Crippen LogP contribution in [0.15, 0.2) is 16.6 Å². The lowest BCUT2D eigenvalue weighted by molar-refractivity contribution is -0.126. The summed E-state index contributed by atoms with van der Waals surface area (Å²) in [4.78, 5) is 23.5. The molecule has 0 aromatic heterocycles. The van der Waals surface area contributed by atoms with Gasteiger partial charge in [0.25, 0.3) is 6.43 Å². The summed E-state index contributed by atoms with van der Waals surface area (Å²) in [6.45, 7) is 6.22. The number of alkyl halides is 3. The second kappa shape index (κ2) is 8.70. The largest absolute Gasteiger partial charge is 0.444 e. The molecule has 0 saturated carbocycles. The third-order valence-electron chi connectivity index (χ3n) is 3.08. The predicted molar refractivity (Wildman–Crippen MR) is 91.4 cm³/mol. The summed E-state index contributed by atoms with van der Waals surface area (Å²) in [5.74, 6) is -3.03. The molecule has 0 spiro atoms. The van der Waals surface area contributed by atoms with Gasteiger partial charge < -0.3 is 10.1 Å². The van der Waals surface area contributed by atoms with Gasteiger partial charge in [-0.1, -0.05) is 15.9 Å². The van der Waals surface area contributed by atoms with Gasteiger partial charge >= 0.3 is 6.09 Å². The maximum absolute atomic E-state index is 14.2. The van der Waals surface area contributed by atoms with Gasteiger partial charge in [-0.05, 0) is 45.4 Å². The highest BCUT2D eigenvalue weighted by Gasteiger charge is 2.27. The van der Waals surface area contributed by atoms with E-state index in [0.29, 0.717) is 0 Å². The van der Waals surface area contributed by atoms with Crippen LogP contribution in [0.4, 0.5) is 28.0 Å². The standard InChI is InChI=1S/C16H19BrF4N2O3/c1-7(14(24)23-13(21)12(19)20)8-5-10(18)11(6-9(8)17)22-15(25)26-16(2,3)4/h5-7,12-13H,1-4H3,(H,22,25)(H,23,24). The molecule has 0 heterocycles. The first-order chi connectivity index (χ1) is 11.8. The van der Waals surface area contributed by atoms with Crippen LogP contribution in [0.2, 0.25) is 0 Å². The predicted octanol–water partition coefficient (Wildman–Crippen LogP) is 4.72. The number of carbonyl (C=O) groups is 2. The van der Waals surface area contributed by atoms with Gasteiger partial charge in [0.2, 0.25) is 12.2 Å². The molecular weight excluding hydrogens is 424 g/mol. The Balaban J connectivity index is 2.95. The van der Waals surface area contributed by atoms with E-state index in [2.05, 4.69) is 21.2 Å². The first-order valence-corrected chi connectivity index (χ1v) is 8.32. The summed E-state index contributed by atoms with van der Waals surface area (Å²) in [6, 6.07) is 2.13. The lowest BCUT2D eigenvalue weighted by Crippen LogP contribution is -2.39. The molecule has 146 valence electrons. The van der Waals surface area contributed by atoms with Crippen LogP contribution < -0.4 is 10.6 Å². The summed E-state index contributed by atoms with van der Waals surface area (Å²) in [5.41, 5.74) is -0.896. The number of halogens is 5. The van der Waals surface area contributed by atoms with Crippen molar-refractivity contribution in [2.75, 3.05) is 5.32 Å². The quantitative estimate of drug-likeness (QED) is 0.512. The molecule has 0 bridgehead atoms. The zero-order valence-electron chi connectivity index (χ0n) is 14.5. The van der Waals surface area contributed by atoms with Crippen LogP contribution in [0.1, 0.15) is 39.2 Å². The Labute approximate surface area is 156 Å². The summed E-state index contributed by atoms with van der Waals surface area (Å²) in [5, 5.41) is 3.73. The van der Waals surface area contributed by atoms with E-state index < -0.39 is 42.1 Å². The van der Waals surface area contributed by atoms with Crippen molar-refractivity contribution in [3.63, 3.8) is 0 Å². The first kappa shape index (κ1) is 22.2. The van der Waals surface area contributed by atoms with Crippen LogP contribution in [0, 0.1) is 5.82 Å². The van der Waals surface area contributed by atoms with E-state index in [-0.39, 0.29) is 15.7 Å². The fourth-order valence-corrected chi connectivity index (χ4v) is 2.56. The molecule has 0 aliphatic rings. The maximum Gasteiger partial charge on any atom is 0.412 e.